The first-order valence-corrected chi connectivity index (χ1v) is 5.91. The summed E-state index contributed by atoms with van der Waals surface area (Å²) in [5.74, 6) is 0.401. The maximum absolute atomic E-state index is 13.1. The third-order valence-electron chi connectivity index (χ3n) is 2.07. The Morgan fingerprint density at radius 1 is 1.12 bits per heavy atom. The van der Waals surface area contributed by atoms with E-state index >= 15 is 0 Å². The summed E-state index contributed by atoms with van der Waals surface area (Å²) in [5.41, 5.74) is 6.11. The number of anilines is 1. The molecule has 0 atom stereocenters. The second kappa shape index (κ2) is 4.94. The van der Waals surface area contributed by atoms with Crippen molar-refractivity contribution in [2.24, 2.45) is 0 Å². The zero-order valence-corrected chi connectivity index (χ0v) is 10.9. The molecule has 2 aromatic carbocycles. The van der Waals surface area contributed by atoms with Crippen LogP contribution in [0.3, 0.4) is 0 Å². The van der Waals surface area contributed by atoms with E-state index in [-0.39, 0.29) is 5.82 Å². The molecule has 0 spiro atoms. The Labute approximate surface area is 111 Å². The number of benzene rings is 2. The Morgan fingerprint density at radius 3 is 2.59 bits per heavy atom. The number of halogens is 3. The molecule has 17 heavy (non-hydrogen) atoms. The third kappa shape index (κ3) is 2.90. The monoisotopic (exact) mass is 315 g/mol. The second-order valence-corrected chi connectivity index (χ2v) is 4.63. The lowest BCUT2D eigenvalue weighted by atomic mass is 10.3. The van der Waals surface area contributed by atoms with Crippen molar-refractivity contribution in [2.45, 2.75) is 0 Å². The molecule has 0 radical (unpaired) electrons. The molecular formula is C12H8BrClFNO. The Morgan fingerprint density at radius 2 is 1.88 bits per heavy atom. The molecule has 0 saturated carbocycles. The fraction of sp³-hybridized carbons (Fsp3) is 0. The summed E-state index contributed by atoms with van der Waals surface area (Å²) >= 11 is 9.22. The predicted octanol–water partition coefficient (Wildman–Crippen LogP) is 4.62. The molecule has 0 unspecified atom stereocenters. The van der Waals surface area contributed by atoms with Crippen LogP contribution < -0.4 is 10.5 Å². The van der Waals surface area contributed by atoms with Crippen LogP contribution in [0.1, 0.15) is 0 Å². The molecule has 0 bridgehead atoms. The summed E-state index contributed by atoms with van der Waals surface area (Å²) in [4.78, 5) is 0. The van der Waals surface area contributed by atoms with Crippen LogP contribution in [0.15, 0.2) is 40.9 Å². The zero-order chi connectivity index (χ0) is 12.4. The highest BCUT2D eigenvalue weighted by molar-refractivity contribution is 9.10. The van der Waals surface area contributed by atoms with Crippen LogP contribution in [0, 0.1) is 5.82 Å². The Bertz CT molecular complexity index is 562. The van der Waals surface area contributed by atoms with Crippen molar-refractivity contribution in [3.05, 3.63) is 51.7 Å². The fourth-order valence-corrected chi connectivity index (χ4v) is 1.83. The Balaban J connectivity index is 2.34. The molecule has 0 aliphatic carbocycles. The van der Waals surface area contributed by atoms with Gasteiger partial charge in [-0.15, -0.1) is 0 Å². The van der Waals surface area contributed by atoms with Gasteiger partial charge in [0.25, 0.3) is 0 Å². The quantitative estimate of drug-likeness (QED) is 0.821. The first-order chi connectivity index (χ1) is 8.06. The lowest BCUT2D eigenvalue weighted by Crippen LogP contribution is -1.90. The molecule has 0 heterocycles. The standard InChI is InChI=1S/C12H8BrClFNO/c13-9-3-1-7(15)5-12(9)17-11-4-2-8(16)6-10(11)14/h1-6H,16H2. The number of hydrogen-bond donors (Lipinski definition) is 1. The van der Waals surface area contributed by atoms with Gasteiger partial charge in [-0.2, -0.15) is 0 Å². The average Bonchev–Trinajstić information content (AvgIpc) is 2.27. The van der Waals surface area contributed by atoms with Gasteiger partial charge < -0.3 is 10.5 Å². The van der Waals surface area contributed by atoms with Gasteiger partial charge in [0, 0.05) is 11.8 Å². The molecule has 0 fully saturated rings. The van der Waals surface area contributed by atoms with Gasteiger partial charge in [-0.25, -0.2) is 4.39 Å². The molecule has 2 aromatic rings. The summed E-state index contributed by atoms with van der Waals surface area (Å²) in [6, 6.07) is 9.04. The summed E-state index contributed by atoms with van der Waals surface area (Å²) in [5, 5.41) is 0.376. The lowest BCUT2D eigenvalue weighted by molar-refractivity contribution is 0.474. The van der Waals surface area contributed by atoms with Gasteiger partial charge in [-0.3, -0.25) is 0 Å². The lowest BCUT2D eigenvalue weighted by Gasteiger charge is -2.09. The van der Waals surface area contributed by atoms with E-state index in [1.165, 1.54) is 12.1 Å². The Kier molecular flexibility index (Phi) is 3.54. The largest absolute Gasteiger partial charge is 0.455 e. The first kappa shape index (κ1) is 12.2. The van der Waals surface area contributed by atoms with Crippen LogP contribution in [-0.2, 0) is 0 Å². The predicted molar refractivity (Wildman–Crippen MR) is 70.0 cm³/mol. The van der Waals surface area contributed by atoms with Gasteiger partial charge in [0.2, 0.25) is 0 Å². The van der Waals surface area contributed by atoms with Gasteiger partial charge in [0.05, 0.1) is 9.50 Å². The first-order valence-electron chi connectivity index (χ1n) is 4.74. The molecular weight excluding hydrogens is 308 g/mol. The van der Waals surface area contributed by atoms with E-state index in [2.05, 4.69) is 15.9 Å². The van der Waals surface area contributed by atoms with E-state index in [1.54, 1.807) is 24.3 Å². The molecule has 0 saturated heterocycles. The van der Waals surface area contributed by atoms with E-state index in [1.807, 2.05) is 0 Å². The van der Waals surface area contributed by atoms with E-state index in [0.29, 0.717) is 26.7 Å². The average molecular weight is 317 g/mol. The highest BCUT2D eigenvalue weighted by Crippen LogP contribution is 2.34. The van der Waals surface area contributed by atoms with Gasteiger partial charge in [-0.1, -0.05) is 11.6 Å². The maximum atomic E-state index is 13.1. The minimum atomic E-state index is -0.380. The van der Waals surface area contributed by atoms with Crippen LogP contribution in [0.2, 0.25) is 5.02 Å². The molecule has 2 nitrogen and oxygen atoms in total. The molecule has 2 rings (SSSR count). The molecule has 0 amide bonds. The molecule has 88 valence electrons. The smallest absolute Gasteiger partial charge is 0.146 e. The van der Waals surface area contributed by atoms with E-state index in [0.717, 1.165) is 0 Å². The highest BCUT2D eigenvalue weighted by atomic mass is 79.9. The SMILES string of the molecule is Nc1ccc(Oc2cc(F)ccc2Br)c(Cl)c1. The van der Waals surface area contributed by atoms with Crippen molar-refractivity contribution in [2.75, 3.05) is 5.73 Å². The molecule has 5 heteroatoms. The maximum Gasteiger partial charge on any atom is 0.146 e. The Hall–Kier alpha value is -1.26. The van der Waals surface area contributed by atoms with E-state index < -0.39 is 0 Å². The van der Waals surface area contributed by atoms with Crippen LogP contribution in [0.4, 0.5) is 10.1 Å². The number of nitrogen functional groups attached to an aromatic ring is 1. The summed E-state index contributed by atoms with van der Waals surface area (Å²) < 4.78 is 19.2. The fourth-order valence-electron chi connectivity index (χ4n) is 1.27. The normalized spacial score (nSPS) is 10.3. The van der Waals surface area contributed by atoms with Gasteiger partial charge in [-0.05, 0) is 46.3 Å². The van der Waals surface area contributed by atoms with Crippen molar-refractivity contribution >= 4 is 33.2 Å². The topological polar surface area (TPSA) is 35.2 Å². The van der Waals surface area contributed by atoms with Gasteiger partial charge in [0.15, 0.2) is 0 Å². The van der Waals surface area contributed by atoms with E-state index in [4.69, 9.17) is 22.1 Å². The van der Waals surface area contributed by atoms with Crippen LogP contribution in [0.5, 0.6) is 11.5 Å². The number of nitrogens with two attached hydrogens (primary N) is 1. The minimum Gasteiger partial charge on any atom is -0.455 e. The third-order valence-corrected chi connectivity index (χ3v) is 3.02. The zero-order valence-electron chi connectivity index (χ0n) is 8.58. The summed E-state index contributed by atoms with van der Waals surface area (Å²) in [6.07, 6.45) is 0. The minimum absolute atomic E-state index is 0.358. The van der Waals surface area contributed by atoms with Gasteiger partial charge in [0.1, 0.15) is 17.3 Å². The molecule has 0 aromatic heterocycles. The molecule has 2 N–H and O–H groups in total. The summed E-state index contributed by atoms with van der Waals surface area (Å²) in [6.45, 7) is 0. The van der Waals surface area contributed by atoms with Crippen molar-refractivity contribution in [3.63, 3.8) is 0 Å². The molecule has 0 aliphatic heterocycles. The van der Waals surface area contributed by atoms with Gasteiger partial charge >= 0.3 is 0 Å². The molecule has 0 aliphatic rings. The number of ether oxygens (including phenoxy) is 1. The van der Waals surface area contributed by atoms with E-state index in [9.17, 15) is 4.39 Å². The van der Waals surface area contributed by atoms with Crippen molar-refractivity contribution in [1.29, 1.82) is 0 Å². The number of hydrogen-bond acceptors (Lipinski definition) is 2. The second-order valence-electron chi connectivity index (χ2n) is 3.37. The summed E-state index contributed by atoms with van der Waals surface area (Å²) in [7, 11) is 0. The highest BCUT2D eigenvalue weighted by Gasteiger charge is 2.07. The van der Waals surface area contributed by atoms with Crippen LogP contribution in [-0.4, -0.2) is 0 Å². The van der Waals surface area contributed by atoms with Crippen molar-refractivity contribution in [3.8, 4) is 11.5 Å². The van der Waals surface area contributed by atoms with Crippen LogP contribution >= 0.6 is 27.5 Å². The van der Waals surface area contributed by atoms with Crippen molar-refractivity contribution in [1.82, 2.24) is 0 Å². The van der Waals surface area contributed by atoms with Crippen LogP contribution in [0.25, 0.3) is 0 Å². The van der Waals surface area contributed by atoms with Crippen molar-refractivity contribution < 1.29 is 9.13 Å². The number of rotatable bonds is 2.